The number of ether oxygens (including phenoxy) is 4. The zero-order chi connectivity index (χ0) is 22.4. The molecule has 1 heterocycles. The van der Waals surface area contributed by atoms with E-state index in [4.69, 9.17) is 18.9 Å². The summed E-state index contributed by atoms with van der Waals surface area (Å²) in [5, 5.41) is 0. The standard InChI is InChI=1S/C24H32N2O5/c1-17(27)18-6-8-21(28-2)20(14-18)16-26-12-10-25(11-13-26)15-19-7-9-22(29-3)24(31-5)23(19)30-4/h6-9,14H,10-13,15-16H2,1-5H3. The van der Waals surface area contributed by atoms with Gasteiger partial charge in [-0.2, -0.15) is 0 Å². The topological polar surface area (TPSA) is 60.5 Å². The largest absolute Gasteiger partial charge is 0.496 e. The van der Waals surface area contributed by atoms with E-state index >= 15 is 0 Å². The fraction of sp³-hybridized carbons (Fsp3) is 0.458. The number of hydrogen-bond donors (Lipinski definition) is 0. The summed E-state index contributed by atoms with van der Waals surface area (Å²) in [6, 6.07) is 9.60. The lowest BCUT2D eigenvalue weighted by Gasteiger charge is -2.35. The summed E-state index contributed by atoms with van der Waals surface area (Å²) in [5.74, 6) is 2.89. The normalized spacial score (nSPS) is 14.9. The number of piperazine rings is 1. The summed E-state index contributed by atoms with van der Waals surface area (Å²) in [6.45, 7) is 6.87. The summed E-state index contributed by atoms with van der Waals surface area (Å²) in [6.07, 6.45) is 0. The lowest BCUT2D eigenvalue weighted by molar-refractivity contribution is 0.101. The molecule has 0 N–H and O–H groups in total. The van der Waals surface area contributed by atoms with Gasteiger partial charge >= 0.3 is 0 Å². The van der Waals surface area contributed by atoms with Crippen LogP contribution in [0.15, 0.2) is 30.3 Å². The van der Waals surface area contributed by atoms with E-state index in [1.165, 1.54) is 0 Å². The van der Waals surface area contributed by atoms with Crippen LogP contribution in [0.3, 0.4) is 0 Å². The molecule has 1 fully saturated rings. The van der Waals surface area contributed by atoms with Crippen molar-refractivity contribution in [3.8, 4) is 23.0 Å². The second kappa shape index (κ2) is 10.5. The third kappa shape index (κ3) is 5.29. The first-order valence-corrected chi connectivity index (χ1v) is 10.4. The molecule has 31 heavy (non-hydrogen) atoms. The van der Waals surface area contributed by atoms with Crippen molar-refractivity contribution in [1.82, 2.24) is 9.80 Å². The van der Waals surface area contributed by atoms with Crippen LogP contribution in [-0.4, -0.2) is 70.2 Å². The van der Waals surface area contributed by atoms with Gasteiger partial charge in [0.05, 0.1) is 28.4 Å². The number of rotatable bonds is 9. The van der Waals surface area contributed by atoms with Gasteiger partial charge in [-0.25, -0.2) is 0 Å². The average molecular weight is 429 g/mol. The molecule has 0 radical (unpaired) electrons. The van der Waals surface area contributed by atoms with Crippen molar-refractivity contribution >= 4 is 5.78 Å². The minimum atomic E-state index is 0.0672. The molecular formula is C24H32N2O5. The van der Waals surface area contributed by atoms with E-state index in [-0.39, 0.29) is 5.78 Å². The number of methoxy groups -OCH3 is 4. The Bertz CT molecular complexity index is 907. The molecule has 3 rings (SSSR count). The molecule has 0 aliphatic carbocycles. The molecule has 7 heteroatoms. The van der Waals surface area contributed by atoms with Crippen LogP contribution in [0.25, 0.3) is 0 Å². The monoisotopic (exact) mass is 428 g/mol. The van der Waals surface area contributed by atoms with Gasteiger partial charge in [0.1, 0.15) is 5.75 Å². The van der Waals surface area contributed by atoms with Gasteiger partial charge in [0, 0.05) is 56.0 Å². The highest BCUT2D eigenvalue weighted by atomic mass is 16.5. The maximum absolute atomic E-state index is 11.8. The number of carbonyl (C=O) groups is 1. The Kier molecular flexibility index (Phi) is 7.76. The van der Waals surface area contributed by atoms with E-state index < -0.39 is 0 Å². The molecule has 0 saturated carbocycles. The molecule has 1 aliphatic heterocycles. The van der Waals surface area contributed by atoms with E-state index in [1.807, 2.05) is 30.3 Å². The molecule has 0 unspecified atom stereocenters. The van der Waals surface area contributed by atoms with Crippen molar-refractivity contribution < 1.29 is 23.7 Å². The Hall–Kier alpha value is -2.77. The number of benzene rings is 2. The molecule has 168 valence electrons. The first-order valence-electron chi connectivity index (χ1n) is 10.4. The van der Waals surface area contributed by atoms with Gasteiger partial charge in [-0.1, -0.05) is 6.07 Å². The van der Waals surface area contributed by atoms with Crippen LogP contribution < -0.4 is 18.9 Å². The van der Waals surface area contributed by atoms with Crippen LogP contribution in [0, 0.1) is 0 Å². The van der Waals surface area contributed by atoms with Crippen LogP contribution in [0.2, 0.25) is 0 Å². The van der Waals surface area contributed by atoms with Crippen LogP contribution in [0.1, 0.15) is 28.4 Å². The zero-order valence-corrected chi connectivity index (χ0v) is 19.1. The van der Waals surface area contributed by atoms with E-state index in [2.05, 4.69) is 9.80 Å². The lowest BCUT2D eigenvalue weighted by atomic mass is 10.1. The van der Waals surface area contributed by atoms with Crippen LogP contribution >= 0.6 is 0 Å². The maximum Gasteiger partial charge on any atom is 0.203 e. The Morgan fingerprint density at radius 2 is 1.29 bits per heavy atom. The molecule has 7 nitrogen and oxygen atoms in total. The molecule has 0 spiro atoms. The number of Topliss-reactive ketones (excluding diaryl/α,β-unsaturated/α-hetero) is 1. The predicted octanol–water partition coefficient (Wildman–Crippen LogP) is 3.24. The Morgan fingerprint density at radius 3 is 1.81 bits per heavy atom. The number of ketones is 1. The molecule has 1 saturated heterocycles. The minimum Gasteiger partial charge on any atom is -0.496 e. The molecule has 1 aliphatic rings. The summed E-state index contributed by atoms with van der Waals surface area (Å²) >= 11 is 0. The highest BCUT2D eigenvalue weighted by molar-refractivity contribution is 5.94. The van der Waals surface area contributed by atoms with E-state index in [1.54, 1.807) is 35.4 Å². The second-order valence-electron chi connectivity index (χ2n) is 7.63. The van der Waals surface area contributed by atoms with Gasteiger partial charge in [-0.15, -0.1) is 0 Å². The Morgan fingerprint density at radius 1 is 0.742 bits per heavy atom. The van der Waals surface area contributed by atoms with Crippen molar-refractivity contribution in [3.63, 3.8) is 0 Å². The fourth-order valence-electron chi connectivity index (χ4n) is 4.00. The van der Waals surface area contributed by atoms with Crippen LogP contribution in [0.5, 0.6) is 23.0 Å². The van der Waals surface area contributed by atoms with E-state index in [0.29, 0.717) is 11.5 Å². The highest BCUT2D eigenvalue weighted by Gasteiger charge is 2.22. The molecule has 0 aromatic heterocycles. The molecule has 0 amide bonds. The third-order valence-electron chi connectivity index (χ3n) is 5.73. The number of nitrogens with zero attached hydrogens (tertiary/aromatic N) is 2. The molecule has 2 aromatic rings. The average Bonchev–Trinajstić information content (AvgIpc) is 2.79. The fourth-order valence-corrected chi connectivity index (χ4v) is 4.00. The molecule has 0 atom stereocenters. The SMILES string of the molecule is COc1ccc(C(C)=O)cc1CN1CCN(Cc2ccc(OC)c(OC)c2OC)CC1. The first-order chi connectivity index (χ1) is 15.0. The van der Waals surface area contributed by atoms with Crippen LogP contribution in [0.4, 0.5) is 0 Å². The quantitative estimate of drug-likeness (QED) is 0.568. The first kappa shape index (κ1) is 22.9. The number of carbonyl (C=O) groups excluding carboxylic acids is 1. The van der Waals surface area contributed by atoms with Gasteiger partial charge in [0.25, 0.3) is 0 Å². The smallest absolute Gasteiger partial charge is 0.203 e. The summed E-state index contributed by atoms with van der Waals surface area (Å²) in [4.78, 5) is 16.6. The van der Waals surface area contributed by atoms with Crippen molar-refractivity contribution in [3.05, 3.63) is 47.0 Å². The molecule has 2 aromatic carbocycles. The van der Waals surface area contributed by atoms with Crippen molar-refractivity contribution in [2.75, 3.05) is 54.6 Å². The van der Waals surface area contributed by atoms with Gasteiger partial charge < -0.3 is 18.9 Å². The van der Waals surface area contributed by atoms with E-state index in [9.17, 15) is 4.79 Å². The predicted molar refractivity (Wildman–Crippen MR) is 120 cm³/mol. The van der Waals surface area contributed by atoms with Gasteiger partial charge in [-0.3, -0.25) is 14.6 Å². The summed E-state index contributed by atoms with van der Waals surface area (Å²) < 4.78 is 22.0. The summed E-state index contributed by atoms with van der Waals surface area (Å²) in [5.41, 5.74) is 2.84. The lowest BCUT2D eigenvalue weighted by Crippen LogP contribution is -2.45. The van der Waals surface area contributed by atoms with Gasteiger partial charge in [0.2, 0.25) is 5.75 Å². The van der Waals surface area contributed by atoms with Crippen molar-refractivity contribution in [1.29, 1.82) is 0 Å². The zero-order valence-electron chi connectivity index (χ0n) is 19.1. The van der Waals surface area contributed by atoms with E-state index in [0.717, 1.165) is 67.5 Å². The Labute approximate surface area is 184 Å². The molecule has 0 bridgehead atoms. The van der Waals surface area contributed by atoms with Gasteiger partial charge in [-0.05, 0) is 31.2 Å². The van der Waals surface area contributed by atoms with Crippen molar-refractivity contribution in [2.45, 2.75) is 20.0 Å². The maximum atomic E-state index is 11.8. The van der Waals surface area contributed by atoms with Crippen LogP contribution in [-0.2, 0) is 13.1 Å². The molecular weight excluding hydrogens is 396 g/mol. The Balaban J connectivity index is 1.65. The second-order valence-corrected chi connectivity index (χ2v) is 7.63. The van der Waals surface area contributed by atoms with Crippen molar-refractivity contribution in [2.24, 2.45) is 0 Å². The van der Waals surface area contributed by atoms with Gasteiger partial charge in [0.15, 0.2) is 17.3 Å². The highest BCUT2D eigenvalue weighted by Crippen LogP contribution is 2.40. The minimum absolute atomic E-state index is 0.0672. The summed E-state index contributed by atoms with van der Waals surface area (Å²) in [7, 11) is 6.57. The number of hydrogen-bond acceptors (Lipinski definition) is 7. The third-order valence-corrected chi connectivity index (χ3v) is 5.73.